The average molecular weight is 288 g/mol. The number of likely N-dealkylation sites (tertiary alicyclic amines) is 1. The molecule has 0 unspecified atom stereocenters. The lowest BCUT2D eigenvalue weighted by Gasteiger charge is -2.40. The van der Waals surface area contributed by atoms with E-state index in [9.17, 15) is 9.59 Å². The molecule has 0 aromatic carbocycles. The van der Waals surface area contributed by atoms with Gasteiger partial charge in [-0.2, -0.15) is 0 Å². The summed E-state index contributed by atoms with van der Waals surface area (Å²) in [6.07, 6.45) is 1.71. The zero-order valence-corrected chi connectivity index (χ0v) is 12.1. The Bertz CT molecular complexity index is 675. The fourth-order valence-electron chi connectivity index (χ4n) is 2.49. The summed E-state index contributed by atoms with van der Waals surface area (Å²) >= 11 is 1.67. The number of pyridine rings is 1. The zero-order valence-electron chi connectivity index (χ0n) is 11.3. The van der Waals surface area contributed by atoms with E-state index in [2.05, 4.69) is 11.1 Å². The summed E-state index contributed by atoms with van der Waals surface area (Å²) in [4.78, 5) is 29.9. The van der Waals surface area contributed by atoms with Gasteiger partial charge in [-0.25, -0.2) is 0 Å². The standard InChI is InChI=1S/C15H16N2O2S/c1-2-11-8-10(9-14(18)16-11)15(19)17-6-5-12(17)13-4-3-7-20-13/h3-4,7-9,12H,2,5-6H2,1H3,(H,16,18)/t12-/m1/s1. The molecular formula is C15H16N2O2S. The molecule has 0 radical (unpaired) electrons. The van der Waals surface area contributed by atoms with E-state index in [0.717, 1.165) is 18.7 Å². The van der Waals surface area contributed by atoms with Crippen LogP contribution in [-0.4, -0.2) is 22.3 Å². The Balaban J connectivity index is 1.86. The van der Waals surface area contributed by atoms with Crippen molar-refractivity contribution in [1.82, 2.24) is 9.88 Å². The van der Waals surface area contributed by atoms with Crippen molar-refractivity contribution in [1.29, 1.82) is 0 Å². The van der Waals surface area contributed by atoms with Crippen LogP contribution in [-0.2, 0) is 6.42 Å². The number of hydrogen-bond donors (Lipinski definition) is 1. The molecule has 1 aliphatic rings. The molecule has 0 saturated carbocycles. The Labute approximate surface area is 121 Å². The van der Waals surface area contributed by atoms with Crippen molar-refractivity contribution < 1.29 is 4.79 Å². The van der Waals surface area contributed by atoms with Gasteiger partial charge in [-0.3, -0.25) is 9.59 Å². The Morgan fingerprint density at radius 1 is 1.50 bits per heavy atom. The molecule has 4 nitrogen and oxygen atoms in total. The maximum Gasteiger partial charge on any atom is 0.254 e. The van der Waals surface area contributed by atoms with Gasteiger partial charge in [0, 0.05) is 28.7 Å². The number of thiophene rings is 1. The summed E-state index contributed by atoms with van der Waals surface area (Å²) in [7, 11) is 0. The molecule has 1 saturated heterocycles. The summed E-state index contributed by atoms with van der Waals surface area (Å²) in [5.41, 5.74) is 1.09. The minimum absolute atomic E-state index is 0.0459. The van der Waals surface area contributed by atoms with E-state index in [0.29, 0.717) is 12.0 Å². The predicted molar refractivity (Wildman–Crippen MR) is 79.2 cm³/mol. The van der Waals surface area contributed by atoms with Crippen molar-refractivity contribution in [2.24, 2.45) is 0 Å². The number of nitrogens with zero attached hydrogens (tertiary/aromatic N) is 1. The van der Waals surface area contributed by atoms with E-state index in [4.69, 9.17) is 0 Å². The maximum absolute atomic E-state index is 12.5. The van der Waals surface area contributed by atoms with E-state index < -0.39 is 0 Å². The third-order valence-electron chi connectivity index (χ3n) is 3.68. The molecule has 1 atom stereocenters. The normalized spacial score (nSPS) is 17.9. The number of hydrogen-bond acceptors (Lipinski definition) is 3. The highest BCUT2D eigenvalue weighted by atomic mass is 32.1. The van der Waals surface area contributed by atoms with Crippen molar-refractivity contribution in [3.05, 3.63) is 56.1 Å². The second-order valence-corrected chi connectivity index (χ2v) is 5.91. The molecule has 0 spiro atoms. The summed E-state index contributed by atoms with van der Waals surface area (Å²) in [5.74, 6) is -0.0459. The monoisotopic (exact) mass is 288 g/mol. The van der Waals surface area contributed by atoms with Crippen LogP contribution in [0.4, 0.5) is 0 Å². The summed E-state index contributed by atoms with van der Waals surface area (Å²) < 4.78 is 0. The molecule has 0 aliphatic carbocycles. The summed E-state index contributed by atoms with van der Waals surface area (Å²) in [6, 6.07) is 7.42. The number of aromatic amines is 1. The van der Waals surface area contributed by atoms with Gasteiger partial charge in [0.2, 0.25) is 5.56 Å². The number of rotatable bonds is 3. The molecule has 2 aromatic heterocycles. The van der Waals surface area contributed by atoms with Gasteiger partial charge in [-0.15, -0.1) is 11.3 Å². The average Bonchev–Trinajstić information content (AvgIpc) is 2.90. The van der Waals surface area contributed by atoms with Crippen molar-refractivity contribution >= 4 is 17.2 Å². The molecule has 1 aliphatic heterocycles. The first-order chi connectivity index (χ1) is 9.69. The van der Waals surface area contributed by atoms with Gasteiger partial charge in [0.15, 0.2) is 0 Å². The minimum Gasteiger partial charge on any atom is -0.331 e. The number of carbonyl (C=O) groups is 1. The molecule has 1 N–H and O–H groups in total. The van der Waals surface area contributed by atoms with E-state index in [1.165, 1.54) is 10.9 Å². The molecular weight excluding hydrogens is 272 g/mol. The fourth-order valence-corrected chi connectivity index (χ4v) is 3.36. The Kier molecular flexibility index (Phi) is 3.44. The molecule has 104 valence electrons. The number of amides is 1. The van der Waals surface area contributed by atoms with Crippen LogP contribution in [0.3, 0.4) is 0 Å². The lowest BCUT2D eigenvalue weighted by atomic mass is 9.99. The van der Waals surface area contributed by atoms with Crippen molar-refractivity contribution in [2.75, 3.05) is 6.54 Å². The van der Waals surface area contributed by atoms with Crippen LogP contribution in [0.2, 0.25) is 0 Å². The first-order valence-corrected chi connectivity index (χ1v) is 7.64. The molecule has 1 amide bonds. The lowest BCUT2D eigenvalue weighted by Crippen LogP contribution is -2.45. The molecule has 0 bridgehead atoms. The lowest BCUT2D eigenvalue weighted by molar-refractivity contribution is 0.0467. The van der Waals surface area contributed by atoms with Gasteiger partial charge < -0.3 is 9.88 Å². The highest BCUT2D eigenvalue weighted by Crippen LogP contribution is 2.36. The molecule has 5 heteroatoms. The number of nitrogens with one attached hydrogen (secondary N) is 1. The highest BCUT2D eigenvalue weighted by molar-refractivity contribution is 7.10. The quantitative estimate of drug-likeness (QED) is 0.943. The molecule has 3 rings (SSSR count). The van der Waals surface area contributed by atoms with Gasteiger partial charge in [-0.1, -0.05) is 13.0 Å². The topological polar surface area (TPSA) is 53.2 Å². The molecule has 3 heterocycles. The smallest absolute Gasteiger partial charge is 0.254 e. The molecule has 2 aromatic rings. The van der Waals surface area contributed by atoms with Crippen LogP contribution >= 0.6 is 11.3 Å². The van der Waals surface area contributed by atoms with Crippen LogP contribution in [0.1, 0.15) is 40.3 Å². The van der Waals surface area contributed by atoms with Crippen LogP contribution in [0.5, 0.6) is 0 Å². The number of aryl methyl sites for hydroxylation is 1. The Morgan fingerprint density at radius 2 is 2.35 bits per heavy atom. The van der Waals surface area contributed by atoms with Gasteiger partial charge in [-0.05, 0) is 30.4 Å². The van der Waals surface area contributed by atoms with Crippen LogP contribution < -0.4 is 5.56 Å². The van der Waals surface area contributed by atoms with E-state index in [1.54, 1.807) is 17.4 Å². The summed E-state index contributed by atoms with van der Waals surface area (Å²) in [5, 5.41) is 2.03. The predicted octanol–water partition coefficient (Wildman–Crippen LogP) is 2.59. The van der Waals surface area contributed by atoms with Crippen LogP contribution in [0.15, 0.2) is 34.4 Å². The van der Waals surface area contributed by atoms with E-state index in [1.807, 2.05) is 23.3 Å². The van der Waals surface area contributed by atoms with Gasteiger partial charge in [0.1, 0.15) is 0 Å². The maximum atomic E-state index is 12.5. The van der Waals surface area contributed by atoms with Crippen LogP contribution in [0, 0.1) is 0 Å². The van der Waals surface area contributed by atoms with Crippen LogP contribution in [0.25, 0.3) is 0 Å². The van der Waals surface area contributed by atoms with Crippen molar-refractivity contribution in [3.63, 3.8) is 0 Å². The SMILES string of the molecule is CCc1cc(C(=O)N2CC[C@@H]2c2cccs2)cc(=O)[nH]1. The first kappa shape index (κ1) is 13.1. The zero-order chi connectivity index (χ0) is 14.1. The largest absolute Gasteiger partial charge is 0.331 e. The van der Waals surface area contributed by atoms with Crippen molar-refractivity contribution in [3.8, 4) is 0 Å². The van der Waals surface area contributed by atoms with Gasteiger partial charge >= 0.3 is 0 Å². The third kappa shape index (κ3) is 2.29. The summed E-state index contributed by atoms with van der Waals surface area (Å²) in [6.45, 7) is 2.72. The highest BCUT2D eigenvalue weighted by Gasteiger charge is 2.34. The Morgan fingerprint density at radius 3 is 2.95 bits per heavy atom. The minimum atomic E-state index is -0.208. The second kappa shape index (κ2) is 5.25. The number of aromatic nitrogens is 1. The first-order valence-electron chi connectivity index (χ1n) is 6.76. The Hall–Kier alpha value is -1.88. The molecule has 20 heavy (non-hydrogen) atoms. The van der Waals surface area contributed by atoms with E-state index in [-0.39, 0.29) is 17.5 Å². The number of carbonyl (C=O) groups excluding carboxylic acids is 1. The van der Waals surface area contributed by atoms with Gasteiger partial charge in [0.05, 0.1) is 6.04 Å². The fraction of sp³-hybridized carbons (Fsp3) is 0.333. The van der Waals surface area contributed by atoms with Crippen molar-refractivity contribution in [2.45, 2.75) is 25.8 Å². The molecule has 1 fully saturated rings. The van der Waals surface area contributed by atoms with Gasteiger partial charge in [0.25, 0.3) is 5.91 Å². The third-order valence-corrected chi connectivity index (χ3v) is 4.65. The van der Waals surface area contributed by atoms with E-state index >= 15 is 0 Å². The second-order valence-electron chi connectivity index (χ2n) is 4.93. The number of H-pyrrole nitrogens is 1.